The molecular formula is C20H23N3O. The van der Waals surface area contributed by atoms with E-state index in [4.69, 9.17) is 4.42 Å². The van der Waals surface area contributed by atoms with Crippen LogP contribution in [0.4, 0.5) is 5.88 Å². The van der Waals surface area contributed by atoms with E-state index >= 15 is 0 Å². The minimum atomic E-state index is 0.313. The smallest absolute Gasteiger partial charge is 0.234 e. The van der Waals surface area contributed by atoms with Gasteiger partial charge in [-0.1, -0.05) is 44.2 Å². The summed E-state index contributed by atoms with van der Waals surface area (Å²) in [5.74, 6) is 3.45. The molecule has 0 amide bonds. The van der Waals surface area contributed by atoms with Crippen molar-refractivity contribution in [2.75, 3.05) is 18.0 Å². The first-order valence-electron chi connectivity index (χ1n) is 8.86. The highest BCUT2D eigenvalue weighted by molar-refractivity contribution is 5.49. The van der Waals surface area contributed by atoms with Crippen LogP contribution < -0.4 is 4.90 Å². The first-order chi connectivity index (χ1) is 11.7. The van der Waals surface area contributed by atoms with Gasteiger partial charge in [0.15, 0.2) is 0 Å². The molecule has 4 atom stereocenters. The standard InChI is InChI=1S/C20H23N3O/c1-13-8-14(2)12-23(11-13)20-18(10-21)22-19(24-20)17-9-16(17)15-6-4-3-5-7-15/h3-7,13-14,16-17H,8-9,11-12H2,1-2H3/t13-,14+,16-,17-/m0/s1. The molecule has 1 aliphatic carbocycles. The monoisotopic (exact) mass is 321 g/mol. The Morgan fingerprint density at radius 3 is 2.46 bits per heavy atom. The summed E-state index contributed by atoms with van der Waals surface area (Å²) in [6.45, 7) is 6.41. The maximum absolute atomic E-state index is 9.48. The number of rotatable bonds is 3. The molecule has 1 aromatic carbocycles. The molecule has 124 valence electrons. The Bertz CT molecular complexity index is 751. The lowest BCUT2D eigenvalue weighted by Gasteiger charge is -2.34. The molecular weight excluding hydrogens is 298 g/mol. The Kier molecular flexibility index (Phi) is 3.80. The molecule has 1 aliphatic heterocycles. The minimum Gasteiger partial charge on any atom is -0.423 e. The third kappa shape index (κ3) is 2.80. The van der Waals surface area contributed by atoms with E-state index < -0.39 is 0 Å². The zero-order valence-electron chi connectivity index (χ0n) is 14.3. The first-order valence-corrected chi connectivity index (χ1v) is 8.86. The van der Waals surface area contributed by atoms with Crippen LogP contribution in [0, 0.1) is 23.2 Å². The van der Waals surface area contributed by atoms with Crippen LogP contribution in [0.3, 0.4) is 0 Å². The number of anilines is 1. The normalized spacial score (nSPS) is 29.3. The van der Waals surface area contributed by atoms with Gasteiger partial charge in [-0.3, -0.25) is 0 Å². The predicted molar refractivity (Wildman–Crippen MR) is 92.9 cm³/mol. The second-order valence-electron chi connectivity index (χ2n) is 7.53. The van der Waals surface area contributed by atoms with Gasteiger partial charge in [0.2, 0.25) is 17.5 Å². The van der Waals surface area contributed by atoms with Gasteiger partial charge >= 0.3 is 0 Å². The predicted octanol–water partition coefficient (Wildman–Crippen LogP) is 4.30. The summed E-state index contributed by atoms with van der Waals surface area (Å²) in [5.41, 5.74) is 1.78. The molecule has 0 spiro atoms. The molecule has 0 radical (unpaired) electrons. The Morgan fingerprint density at radius 2 is 1.79 bits per heavy atom. The quantitative estimate of drug-likeness (QED) is 0.846. The van der Waals surface area contributed by atoms with E-state index in [9.17, 15) is 5.26 Å². The van der Waals surface area contributed by atoms with Crippen molar-refractivity contribution in [3.63, 3.8) is 0 Å². The summed E-state index contributed by atoms with van der Waals surface area (Å²) in [6.07, 6.45) is 2.29. The Balaban J connectivity index is 1.57. The van der Waals surface area contributed by atoms with Gasteiger partial charge in [-0.15, -0.1) is 0 Å². The lowest BCUT2D eigenvalue weighted by molar-refractivity contribution is 0.340. The van der Waals surface area contributed by atoms with Gasteiger partial charge in [0, 0.05) is 19.0 Å². The molecule has 1 aromatic heterocycles. The molecule has 4 nitrogen and oxygen atoms in total. The highest BCUT2D eigenvalue weighted by atomic mass is 16.4. The van der Waals surface area contributed by atoms with E-state index in [0.29, 0.717) is 35.2 Å². The van der Waals surface area contributed by atoms with Crippen LogP contribution in [-0.2, 0) is 0 Å². The topological polar surface area (TPSA) is 53.1 Å². The fraction of sp³-hybridized carbons (Fsp3) is 0.500. The van der Waals surface area contributed by atoms with E-state index in [2.05, 4.69) is 54.1 Å². The zero-order chi connectivity index (χ0) is 16.7. The summed E-state index contributed by atoms with van der Waals surface area (Å²) in [5, 5.41) is 9.48. The van der Waals surface area contributed by atoms with Crippen molar-refractivity contribution >= 4 is 5.88 Å². The Labute approximate surface area is 143 Å². The van der Waals surface area contributed by atoms with Crippen LogP contribution >= 0.6 is 0 Å². The van der Waals surface area contributed by atoms with E-state index in [0.717, 1.165) is 25.4 Å². The van der Waals surface area contributed by atoms with E-state index in [-0.39, 0.29) is 0 Å². The molecule has 24 heavy (non-hydrogen) atoms. The largest absolute Gasteiger partial charge is 0.423 e. The molecule has 2 heterocycles. The average Bonchev–Trinajstić information content (AvgIpc) is 3.26. The van der Waals surface area contributed by atoms with Gasteiger partial charge in [-0.25, -0.2) is 4.98 Å². The summed E-state index contributed by atoms with van der Waals surface area (Å²) in [4.78, 5) is 6.74. The van der Waals surface area contributed by atoms with Crippen LogP contribution in [-0.4, -0.2) is 18.1 Å². The number of nitrogens with zero attached hydrogens (tertiary/aromatic N) is 3. The molecule has 0 unspecified atom stereocenters. The maximum atomic E-state index is 9.48. The summed E-state index contributed by atoms with van der Waals surface area (Å²) in [7, 11) is 0. The second-order valence-corrected chi connectivity index (χ2v) is 7.53. The molecule has 0 bridgehead atoms. The van der Waals surface area contributed by atoms with Crippen LogP contribution in [0.25, 0.3) is 0 Å². The number of aromatic nitrogens is 1. The molecule has 1 saturated carbocycles. The van der Waals surface area contributed by atoms with Crippen LogP contribution in [0.1, 0.15) is 55.7 Å². The van der Waals surface area contributed by atoms with Crippen molar-refractivity contribution in [3.8, 4) is 6.07 Å². The second kappa shape index (κ2) is 5.98. The fourth-order valence-corrected chi connectivity index (χ4v) is 4.14. The van der Waals surface area contributed by atoms with Crippen molar-refractivity contribution < 1.29 is 4.42 Å². The fourth-order valence-electron chi connectivity index (χ4n) is 4.14. The molecule has 1 saturated heterocycles. The third-order valence-corrected chi connectivity index (χ3v) is 5.22. The first kappa shape index (κ1) is 15.3. The molecule has 2 fully saturated rings. The molecule has 2 aromatic rings. The third-order valence-electron chi connectivity index (χ3n) is 5.22. The van der Waals surface area contributed by atoms with E-state index in [1.807, 2.05) is 6.07 Å². The Hall–Kier alpha value is -2.28. The van der Waals surface area contributed by atoms with Gasteiger partial charge in [0.25, 0.3) is 0 Å². The van der Waals surface area contributed by atoms with Crippen LogP contribution in [0.2, 0.25) is 0 Å². The highest BCUT2D eigenvalue weighted by Crippen LogP contribution is 2.55. The molecule has 4 heteroatoms. The van der Waals surface area contributed by atoms with Gasteiger partial charge in [-0.2, -0.15) is 5.26 Å². The molecule has 2 aliphatic rings. The SMILES string of the molecule is C[C@@H]1C[C@H](C)CN(c2oc([C@H]3C[C@H]3c3ccccc3)nc2C#N)C1. The van der Waals surface area contributed by atoms with Gasteiger partial charge in [0.1, 0.15) is 6.07 Å². The molecule has 0 N–H and O–H groups in total. The summed E-state index contributed by atoms with van der Waals surface area (Å²) < 4.78 is 6.11. The van der Waals surface area contributed by atoms with Crippen molar-refractivity contribution in [2.45, 2.75) is 38.5 Å². The maximum Gasteiger partial charge on any atom is 0.234 e. The van der Waals surface area contributed by atoms with Crippen molar-refractivity contribution in [1.29, 1.82) is 5.26 Å². The zero-order valence-corrected chi connectivity index (χ0v) is 14.3. The Morgan fingerprint density at radius 1 is 1.08 bits per heavy atom. The summed E-state index contributed by atoms with van der Waals surface area (Å²) >= 11 is 0. The number of nitriles is 1. The average molecular weight is 321 g/mol. The van der Waals surface area contributed by atoms with Gasteiger partial charge in [-0.05, 0) is 36.2 Å². The van der Waals surface area contributed by atoms with Gasteiger partial charge in [0.05, 0.1) is 0 Å². The van der Waals surface area contributed by atoms with Crippen LogP contribution in [0.15, 0.2) is 34.7 Å². The minimum absolute atomic E-state index is 0.313. The summed E-state index contributed by atoms with van der Waals surface area (Å²) in [6, 6.07) is 12.7. The van der Waals surface area contributed by atoms with Crippen molar-refractivity contribution in [2.24, 2.45) is 11.8 Å². The van der Waals surface area contributed by atoms with E-state index in [1.165, 1.54) is 12.0 Å². The lowest BCUT2D eigenvalue weighted by atomic mass is 9.92. The van der Waals surface area contributed by atoms with Crippen LogP contribution in [0.5, 0.6) is 0 Å². The lowest BCUT2D eigenvalue weighted by Crippen LogP contribution is -2.38. The van der Waals surface area contributed by atoms with E-state index in [1.54, 1.807) is 0 Å². The highest BCUT2D eigenvalue weighted by Gasteiger charge is 2.44. The molecule has 4 rings (SSSR count). The van der Waals surface area contributed by atoms with Gasteiger partial charge < -0.3 is 9.32 Å². The van der Waals surface area contributed by atoms with Crippen molar-refractivity contribution in [3.05, 3.63) is 47.5 Å². The number of hydrogen-bond acceptors (Lipinski definition) is 4. The number of piperidine rings is 1. The number of benzene rings is 1. The van der Waals surface area contributed by atoms with Crippen molar-refractivity contribution in [1.82, 2.24) is 4.98 Å². The number of oxazole rings is 1. The number of hydrogen-bond donors (Lipinski definition) is 0.